The monoisotopic (exact) mass is 425 g/mol. The summed E-state index contributed by atoms with van der Waals surface area (Å²) < 4.78 is 29.5. The molecule has 2 N–H and O–H groups in total. The smallest absolute Gasteiger partial charge is 0.315 e. The molecule has 0 aliphatic heterocycles. The standard InChI is InChI=1S/C23H24FN3O4/c1-29-19-9-7-15-6-8-17(10-16(15)11-19)26-23(28)25-13-18-12-20(31-27-18)14-30-22-5-3-2-4-21(22)24/h2-5,7,9,11-12,17H,6,8,10,13-14H2,1H3,(H2,25,26,28). The minimum Gasteiger partial charge on any atom is -0.497 e. The van der Waals surface area contributed by atoms with Crippen molar-refractivity contribution in [3.63, 3.8) is 0 Å². The molecule has 0 radical (unpaired) electrons. The van der Waals surface area contributed by atoms with E-state index in [-0.39, 0.29) is 31.0 Å². The van der Waals surface area contributed by atoms with Crippen LogP contribution in [-0.4, -0.2) is 24.3 Å². The lowest BCUT2D eigenvalue weighted by atomic mass is 9.88. The van der Waals surface area contributed by atoms with Crippen LogP contribution in [0.25, 0.3) is 0 Å². The number of nitrogens with zero attached hydrogens (tertiary/aromatic N) is 1. The average Bonchev–Trinajstić information content (AvgIpc) is 3.24. The molecule has 1 aromatic heterocycles. The number of fused-ring (bicyclic) bond motifs is 1. The number of urea groups is 1. The molecule has 0 fully saturated rings. The number of aromatic nitrogens is 1. The third-order valence-corrected chi connectivity index (χ3v) is 5.22. The maximum absolute atomic E-state index is 13.6. The topological polar surface area (TPSA) is 85.6 Å². The van der Waals surface area contributed by atoms with Crippen LogP contribution in [0, 0.1) is 5.82 Å². The van der Waals surface area contributed by atoms with Gasteiger partial charge in [-0.2, -0.15) is 0 Å². The van der Waals surface area contributed by atoms with E-state index in [1.54, 1.807) is 25.3 Å². The van der Waals surface area contributed by atoms with E-state index in [0.29, 0.717) is 11.5 Å². The van der Waals surface area contributed by atoms with Crippen molar-refractivity contribution < 1.29 is 23.2 Å². The molecule has 1 aliphatic carbocycles. The van der Waals surface area contributed by atoms with Gasteiger partial charge in [0.1, 0.15) is 18.1 Å². The minimum atomic E-state index is -0.440. The largest absolute Gasteiger partial charge is 0.497 e. The molecule has 8 heteroatoms. The molecular weight excluding hydrogens is 401 g/mol. The summed E-state index contributed by atoms with van der Waals surface area (Å²) in [6.45, 7) is 0.261. The average molecular weight is 425 g/mol. The van der Waals surface area contributed by atoms with E-state index < -0.39 is 5.82 Å². The van der Waals surface area contributed by atoms with E-state index in [2.05, 4.69) is 21.9 Å². The number of halogens is 1. The number of carbonyl (C=O) groups excluding carboxylic acids is 1. The first-order valence-electron chi connectivity index (χ1n) is 10.1. The van der Waals surface area contributed by atoms with Gasteiger partial charge in [-0.1, -0.05) is 23.4 Å². The lowest BCUT2D eigenvalue weighted by Crippen LogP contribution is -2.44. The first-order valence-corrected chi connectivity index (χ1v) is 10.1. The third-order valence-electron chi connectivity index (χ3n) is 5.22. The van der Waals surface area contributed by atoms with Gasteiger partial charge in [0.05, 0.1) is 13.7 Å². The van der Waals surface area contributed by atoms with Crippen molar-refractivity contribution in [1.82, 2.24) is 15.8 Å². The predicted molar refractivity (Wildman–Crippen MR) is 111 cm³/mol. The van der Waals surface area contributed by atoms with Crippen molar-refractivity contribution >= 4 is 6.03 Å². The Bertz CT molecular complexity index is 1050. The van der Waals surface area contributed by atoms with Gasteiger partial charge in [0, 0.05) is 12.1 Å². The number of hydrogen-bond donors (Lipinski definition) is 2. The summed E-state index contributed by atoms with van der Waals surface area (Å²) in [5, 5.41) is 9.72. The molecular formula is C23H24FN3O4. The Morgan fingerprint density at radius 3 is 2.94 bits per heavy atom. The Hall–Kier alpha value is -3.55. The summed E-state index contributed by atoms with van der Waals surface area (Å²) in [5.41, 5.74) is 3.06. The maximum Gasteiger partial charge on any atom is 0.315 e. The van der Waals surface area contributed by atoms with Gasteiger partial charge < -0.3 is 24.6 Å². The molecule has 1 atom stereocenters. The van der Waals surface area contributed by atoms with E-state index in [1.165, 1.54) is 23.3 Å². The van der Waals surface area contributed by atoms with E-state index in [9.17, 15) is 9.18 Å². The molecule has 2 aromatic carbocycles. The second-order valence-corrected chi connectivity index (χ2v) is 7.41. The maximum atomic E-state index is 13.6. The van der Waals surface area contributed by atoms with Crippen molar-refractivity contribution in [2.45, 2.75) is 38.5 Å². The summed E-state index contributed by atoms with van der Waals surface area (Å²) in [4.78, 5) is 12.3. The third kappa shape index (κ3) is 5.33. The predicted octanol–water partition coefficient (Wildman–Crippen LogP) is 3.76. The van der Waals surface area contributed by atoms with Crippen LogP contribution in [0.15, 0.2) is 53.1 Å². The van der Waals surface area contributed by atoms with Gasteiger partial charge in [-0.15, -0.1) is 0 Å². The fraction of sp³-hybridized carbons (Fsp3) is 0.304. The molecule has 31 heavy (non-hydrogen) atoms. The van der Waals surface area contributed by atoms with Gasteiger partial charge in [-0.3, -0.25) is 0 Å². The number of para-hydroxylation sites is 1. The Kier molecular flexibility index (Phi) is 6.35. The summed E-state index contributed by atoms with van der Waals surface area (Å²) in [6.07, 6.45) is 2.56. The minimum absolute atomic E-state index is 0.0467. The molecule has 0 bridgehead atoms. The Morgan fingerprint density at radius 2 is 2.10 bits per heavy atom. The van der Waals surface area contributed by atoms with Crippen molar-refractivity contribution in [1.29, 1.82) is 0 Å². The molecule has 162 valence electrons. The zero-order valence-electron chi connectivity index (χ0n) is 17.2. The number of hydrogen-bond acceptors (Lipinski definition) is 5. The van der Waals surface area contributed by atoms with Crippen LogP contribution >= 0.6 is 0 Å². The Morgan fingerprint density at radius 1 is 1.23 bits per heavy atom. The molecule has 2 amide bonds. The first kappa shape index (κ1) is 20.7. The van der Waals surface area contributed by atoms with Crippen LogP contribution < -0.4 is 20.1 Å². The van der Waals surface area contributed by atoms with E-state index >= 15 is 0 Å². The SMILES string of the molecule is COc1ccc2c(c1)CC(NC(=O)NCc1cc(COc3ccccc3F)on1)CC2. The van der Waals surface area contributed by atoms with Crippen LogP contribution in [0.3, 0.4) is 0 Å². The van der Waals surface area contributed by atoms with Gasteiger partial charge in [0.15, 0.2) is 17.3 Å². The number of carbonyl (C=O) groups is 1. The van der Waals surface area contributed by atoms with Crippen molar-refractivity contribution in [2.75, 3.05) is 7.11 Å². The van der Waals surface area contributed by atoms with Gasteiger partial charge in [-0.25, -0.2) is 9.18 Å². The highest BCUT2D eigenvalue weighted by Gasteiger charge is 2.20. The number of rotatable bonds is 7. The number of nitrogens with one attached hydrogen (secondary N) is 2. The summed E-state index contributed by atoms with van der Waals surface area (Å²) in [7, 11) is 1.65. The zero-order chi connectivity index (χ0) is 21.6. The van der Waals surface area contributed by atoms with Crippen LogP contribution in [-0.2, 0) is 26.0 Å². The summed E-state index contributed by atoms with van der Waals surface area (Å²) >= 11 is 0. The summed E-state index contributed by atoms with van der Waals surface area (Å²) in [6, 6.07) is 13.7. The van der Waals surface area contributed by atoms with Crippen molar-refractivity contribution in [3.05, 3.63) is 76.9 Å². The number of amides is 2. The molecule has 4 rings (SSSR count). The number of aryl methyl sites for hydroxylation is 1. The van der Waals surface area contributed by atoms with E-state index in [0.717, 1.165) is 25.0 Å². The number of benzene rings is 2. The van der Waals surface area contributed by atoms with Crippen LogP contribution in [0.5, 0.6) is 11.5 Å². The fourth-order valence-corrected chi connectivity index (χ4v) is 3.61. The highest BCUT2D eigenvalue weighted by atomic mass is 19.1. The lowest BCUT2D eigenvalue weighted by molar-refractivity contribution is 0.234. The van der Waals surface area contributed by atoms with E-state index in [1.807, 2.05) is 12.1 Å². The molecule has 7 nitrogen and oxygen atoms in total. The molecule has 0 saturated heterocycles. The molecule has 0 saturated carbocycles. The molecule has 1 unspecified atom stereocenters. The zero-order valence-corrected chi connectivity index (χ0v) is 17.2. The molecule has 3 aromatic rings. The normalized spacial score (nSPS) is 15.1. The number of methoxy groups -OCH3 is 1. The van der Waals surface area contributed by atoms with Crippen LogP contribution in [0.1, 0.15) is 29.0 Å². The van der Waals surface area contributed by atoms with Crippen molar-refractivity contribution in [3.8, 4) is 11.5 Å². The second-order valence-electron chi connectivity index (χ2n) is 7.41. The molecule has 0 spiro atoms. The Balaban J connectivity index is 1.23. The van der Waals surface area contributed by atoms with Crippen LogP contribution in [0.2, 0.25) is 0 Å². The highest BCUT2D eigenvalue weighted by molar-refractivity contribution is 5.74. The number of ether oxygens (including phenoxy) is 2. The quantitative estimate of drug-likeness (QED) is 0.602. The van der Waals surface area contributed by atoms with Gasteiger partial charge in [0.2, 0.25) is 0 Å². The highest BCUT2D eigenvalue weighted by Crippen LogP contribution is 2.25. The Labute approximate surface area is 179 Å². The van der Waals surface area contributed by atoms with Gasteiger partial charge >= 0.3 is 6.03 Å². The van der Waals surface area contributed by atoms with Gasteiger partial charge in [0.25, 0.3) is 0 Å². The second kappa shape index (κ2) is 9.51. The van der Waals surface area contributed by atoms with Gasteiger partial charge in [-0.05, 0) is 54.7 Å². The summed E-state index contributed by atoms with van der Waals surface area (Å²) in [5.74, 6) is 0.969. The van der Waals surface area contributed by atoms with Crippen molar-refractivity contribution in [2.24, 2.45) is 0 Å². The van der Waals surface area contributed by atoms with Crippen LogP contribution in [0.4, 0.5) is 9.18 Å². The first-order chi connectivity index (χ1) is 15.1. The molecule has 1 heterocycles. The fourth-order valence-electron chi connectivity index (χ4n) is 3.61. The molecule has 1 aliphatic rings. The van der Waals surface area contributed by atoms with E-state index in [4.69, 9.17) is 14.0 Å². The lowest BCUT2D eigenvalue weighted by Gasteiger charge is -2.26.